The van der Waals surface area contributed by atoms with Crippen molar-refractivity contribution in [2.24, 2.45) is 0 Å². The van der Waals surface area contributed by atoms with Gasteiger partial charge < -0.3 is 14.8 Å². The number of aromatic nitrogens is 1. The molecule has 0 spiro atoms. The van der Waals surface area contributed by atoms with Crippen LogP contribution in [0.5, 0.6) is 11.5 Å². The summed E-state index contributed by atoms with van der Waals surface area (Å²) >= 11 is 3.40. The molecule has 1 heterocycles. The molecule has 1 N–H and O–H groups in total. The second kappa shape index (κ2) is 8.49. The summed E-state index contributed by atoms with van der Waals surface area (Å²) in [6.07, 6.45) is 3.24. The Bertz CT molecular complexity index is 883. The maximum absolute atomic E-state index is 12.6. The van der Waals surface area contributed by atoms with E-state index in [9.17, 15) is 4.79 Å². The lowest BCUT2D eigenvalue weighted by molar-refractivity contribution is 0.102. The number of carbonyl (C=O) groups excluding carboxylic acids is 1. The van der Waals surface area contributed by atoms with Crippen LogP contribution in [0.1, 0.15) is 15.9 Å². The lowest BCUT2D eigenvalue weighted by Gasteiger charge is -2.12. The maximum atomic E-state index is 12.6. The summed E-state index contributed by atoms with van der Waals surface area (Å²) in [5.41, 5.74) is 2.04. The molecule has 0 radical (unpaired) electrons. The summed E-state index contributed by atoms with van der Waals surface area (Å²) in [7, 11) is 1.63. The van der Waals surface area contributed by atoms with Gasteiger partial charge in [0, 0.05) is 10.7 Å². The zero-order valence-electron chi connectivity index (χ0n) is 14.1. The third-order valence-electron chi connectivity index (χ3n) is 3.66. The molecule has 1 amide bonds. The zero-order chi connectivity index (χ0) is 18.4. The lowest BCUT2D eigenvalue weighted by atomic mass is 10.1. The molecule has 0 atom stereocenters. The van der Waals surface area contributed by atoms with E-state index in [-0.39, 0.29) is 5.91 Å². The minimum atomic E-state index is -0.260. The van der Waals surface area contributed by atoms with Crippen molar-refractivity contribution < 1.29 is 14.3 Å². The molecule has 1 aromatic heterocycles. The fourth-order valence-corrected chi connectivity index (χ4v) is 2.68. The van der Waals surface area contributed by atoms with Crippen LogP contribution in [-0.4, -0.2) is 18.0 Å². The number of nitrogens with one attached hydrogen (secondary N) is 1. The maximum Gasteiger partial charge on any atom is 0.259 e. The van der Waals surface area contributed by atoms with Crippen LogP contribution >= 0.6 is 15.9 Å². The van der Waals surface area contributed by atoms with Gasteiger partial charge in [-0.2, -0.15) is 0 Å². The van der Waals surface area contributed by atoms with Crippen LogP contribution in [0.2, 0.25) is 0 Å². The van der Waals surface area contributed by atoms with Crippen LogP contribution in [0.25, 0.3) is 0 Å². The number of rotatable bonds is 6. The van der Waals surface area contributed by atoms with Gasteiger partial charge in [0.15, 0.2) is 0 Å². The number of hydrogen-bond acceptors (Lipinski definition) is 4. The average molecular weight is 413 g/mol. The Balaban J connectivity index is 1.75. The normalized spacial score (nSPS) is 10.2. The molecule has 0 aliphatic rings. The monoisotopic (exact) mass is 412 g/mol. The van der Waals surface area contributed by atoms with E-state index in [1.807, 2.05) is 30.3 Å². The number of methoxy groups -OCH3 is 1. The van der Waals surface area contributed by atoms with E-state index in [0.717, 1.165) is 15.8 Å². The van der Waals surface area contributed by atoms with Crippen LogP contribution < -0.4 is 14.8 Å². The highest BCUT2D eigenvalue weighted by Crippen LogP contribution is 2.25. The highest BCUT2D eigenvalue weighted by Gasteiger charge is 2.14. The van der Waals surface area contributed by atoms with E-state index >= 15 is 0 Å². The lowest BCUT2D eigenvalue weighted by Crippen LogP contribution is -2.14. The summed E-state index contributed by atoms with van der Waals surface area (Å²) < 4.78 is 11.8. The van der Waals surface area contributed by atoms with Gasteiger partial charge in [-0.1, -0.05) is 28.1 Å². The summed E-state index contributed by atoms with van der Waals surface area (Å²) in [6, 6.07) is 16.5. The number of nitrogens with zero attached hydrogens (tertiary/aromatic N) is 1. The molecule has 0 saturated carbocycles. The van der Waals surface area contributed by atoms with Gasteiger partial charge in [0.2, 0.25) is 0 Å². The van der Waals surface area contributed by atoms with E-state index in [0.29, 0.717) is 23.6 Å². The molecule has 0 unspecified atom stereocenters. The summed E-state index contributed by atoms with van der Waals surface area (Å²) in [5, 5.41) is 2.82. The Labute approximate surface area is 160 Å². The first-order valence-electron chi connectivity index (χ1n) is 7.92. The van der Waals surface area contributed by atoms with Gasteiger partial charge in [-0.05, 0) is 48.0 Å². The molecule has 6 heteroatoms. The number of halogens is 1. The van der Waals surface area contributed by atoms with Gasteiger partial charge in [-0.15, -0.1) is 0 Å². The molecular weight excluding hydrogens is 396 g/mol. The number of hydrogen-bond donors (Lipinski definition) is 1. The van der Waals surface area contributed by atoms with E-state index in [1.165, 1.54) is 0 Å². The Hall–Kier alpha value is -2.86. The largest absolute Gasteiger partial charge is 0.497 e. The second-order valence-corrected chi connectivity index (χ2v) is 6.39. The molecule has 132 valence electrons. The molecule has 0 bridgehead atoms. The average Bonchev–Trinajstić information content (AvgIpc) is 2.68. The van der Waals surface area contributed by atoms with Crippen molar-refractivity contribution in [3.8, 4) is 11.5 Å². The number of pyridine rings is 1. The smallest absolute Gasteiger partial charge is 0.259 e. The van der Waals surface area contributed by atoms with Crippen LogP contribution in [0.15, 0.2) is 71.5 Å². The third kappa shape index (κ3) is 4.61. The predicted octanol–water partition coefficient (Wildman–Crippen LogP) is 4.68. The Morgan fingerprint density at radius 2 is 1.96 bits per heavy atom. The van der Waals surface area contributed by atoms with Crippen molar-refractivity contribution in [1.82, 2.24) is 4.98 Å². The molecule has 5 nitrogen and oxygen atoms in total. The SMILES string of the molecule is COc1ccc(COc2ccc(Br)cc2C(=O)Nc2cccnc2)cc1. The zero-order valence-corrected chi connectivity index (χ0v) is 15.7. The molecule has 3 aromatic rings. The predicted molar refractivity (Wildman–Crippen MR) is 104 cm³/mol. The second-order valence-electron chi connectivity index (χ2n) is 5.47. The van der Waals surface area contributed by atoms with Crippen LogP contribution in [-0.2, 0) is 6.61 Å². The van der Waals surface area contributed by atoms with Crippen LogP contribution in [0, 0.1) is 0 Å². The first-order valence-corrected chi connectivity index (χ1v) is 8.71. The molecule has 2 aromatic carbocycles. The van der Waals surface area contributed by atoms with Crippen LogP contribution in [0.4, 0.5) is 5.69 Å². The Morgan fingerprint density at radius 1 is 1.15 bits per heavy atom. The van der Waals surface area contributed by atoms with Gasteiger partial charge in [0.05, 0.1) is 24.6 Å². The van der Waals surface area contributed by atoms with Gasteiger partial charge in [0.1, 0.15) is 18.1 Å². The quantitative estimate of drug-likeness (QED) is 0.638. The van der Waals surface area contributed by atoms with Gasteiger partial charge in [-0.25, -0.2) is 0 Å². The molecule has 0 aliphatic heterocycles. The first-order chi connectivity index (χ1) is 12.7. The summed E-state index contributed by atoms with van der Waals surface area (Å²) in [6.45, 7) is 0.346. The highest BCUT2D eigenvalue weighted by molar-refractivity contribution is 9.10. The number of anilines is 1. The molecule has 26 heavy (non-hydrogen) atoms. The summed E-state index contributed by atoms with van der Waals surface area (Å²) in [4.78, 5) is 16.6. The van der Waals surface area contributed by atoms with E-state index in [4.69, 9.17) is 9.47 Å². The standard InChI is InChI=1S/C20H17BrN2O3/c1-25-17-7-4-14(5-8-17)13-26-19-9-6-15(21)11-18(19)20(24)23-16-3-2-10-22-12-16/h2-12H,13H2,1H3,(H,23,24). The number of amides is 1. The van der Waals surface area contributed by atoms with Gasteiger partial charge in [0.25, 0.3) is 5.91 Å². The molecule has 0 fully saturated rings. The fourth-order valence-electron chi connectivity index (χ4n) is 2.32. The van der Waals surface area contributed by atoms with Gasteiger partial charge >= 0.3 is 0 Å². The van der Waals surface area contributed by atoms with Crippen molar-refractivity contribution >= 4 is 27.5 Å². The Kier molecular flexibility index (Phi) is 5.86. The molecule has 3 rings (SSSR count). The van der Waals surface area contributed by atoms with Gasteiger partial charge in [-0.3, -0.25) is 9.78 Å². The van der Waals surface area contributed by atoms with Crippen molar-refractivity contribution in [1.29, 1.82) is 0 Å². The Morgan fingerprint density at radius 3 is 2.65 bits per heavy atom. The highest BCUT2D eigenvalue weighted by atomic mass is 79.9. The minimum Gasteiger partial charge on any atom is -0.497 e. The van der Waals surface area contributed by atoms with E-state index in [1.54, 1.807) is 43.8 Å². The number of ether oxygens (including phenoxy) is 2. The van der Waals surface area contributed by atoms with Crippen molar-refractivity contribution in [2.45, 2.75) is 6.61 Å². The van der Waals surface area contributed by atoms with Crippen molar-refractivity contribution in [3.05, 3.63) is 82.6 Å². The third-order valence-corrected chi connectivity index (χ3v) is 4.15. The molecule has 0 aliphatic carbocycles. The first kappa shape index (κ1) is 17.9. The number of benzene rings is 2. The van der Waals surface area contributed by atoms with Crippen molar-refractivity contribution in [3.63, 3.8) is 0 Å². The summed E-state index contributed by atoms with van der Waals surface area (Å²) in [5.74, 6) is 1.03. The van der Waals surface area contributed by atoms with E-state index < -0.39 is 0 Å². The molecular formula is C20H17BrN2O3. The molecule has 0 saturated heterocycles. The number of carbonyl (C=O) groups is 1. The fraction of sp³-hybridized carbons (Fsp3) is 0.100. The minimum absolute atomic E-state index is 0.260. The van der Waals surface area contributed by atoms with Crippen molar-refractivity contribution in [2.75, 3.05) is 12.4 Å². The van der Waals surface area contributed by atoms with Crippen LogP contribution in [0.3, 0.4) is 0 Å². The van der Waals surface area contributed by atoms with E-state index in [2.05, 4.69) is 26.2 Å². The topological polar surface area (TPSA) is 60.5 Å².